The molecule has 0 saturated carbocycles. The van der Waals surface area contributed by atoms with Crippen molar-refractivity contribution in [3.8, 4) is 28.4 Å². The summed E-state index contributed by atoms with van der Waals surface area (Å²) in [6.07, 6.45) is 1.72. The van der Waals surface area contributed by atoms with Crippen molar-refractivity contribution in [3.63, 3.8) is 0 Å². The Balaban J connectivity index is 1.73. The summed E-state index contributed by atoms with van der Waals surface area (Å²) in [7, 11) is 0. The lowest BCUT2D eigenvalue weighted by Crippen LogP contribution is -2.02. The van der Waals surface area contributed by atoms with Gasteiger partial charge in [0.05, 0.1) is 10.7 Å². The predicted octanol–water partition coefficient (Wildman–Crippen LogP) is 8.00. The molecule has 0 bridgehead atoms. The lowest BCUT2D eigenvalue weighted by Gasteiger charge is -2.13. The Morgan fingerprint density at radius 1 is 0.700 bits per heavy atom. The van der Waals surface area contributed by atoms with Gasteiger partial charge in [0.15, 0.2) is 0 Å². The first-order valence-electron chi connectivity index (χ1n) is 8.95. The smallest absolute Gasteiger partial charge is 0.317 e. The Labute approximate surface area is 194 Å². The number of nitrogens with zero attached hydrogens (tertiary/aromatic N) is 2. The molecule has 0 aliphatic heterocycles. The number of benzene rings is 3. The molecule has 3 nitrogen and oxygen atoms in total. The third-order valence-electron chi connectivity index (χ3n) is 4.39. The Hall–Kier alpha value is -2.30. The molecule has 1 aromatic heterocycles. The Bertz CT molecular complexity index is 1180. The van der Waals surface area contributed by atoms with Crippen molar-refractivity contribution in [2.45, 2.75) is 6.61 Å². The quantitative estimate of drug-likeness (QED) is 0.293. The van der Waals surface area contributed by atoms with Gasteiger partial charge in [-0.15, -0.1) is 0 Å². The van der Waals surface area contributed by atoms with E-state index in [0.717, 1.165) is 22.3 Å². The third kappa shape index (κ3) is 4.88. The largest absolute Gasteiger partial charge is 0.459 e. The summed E-state index contributed by atoms with van der Waals surface area (Å²) in [5.41, 5.74) is 4.03. The van der Waals surface area contributed by atoms with Crippen LogP contribution in [0.25, 0.3) is 22.4 Å². The van der Waals surface area contributed by atoms with Crippen molar-refractivity contribution in [1.82, 2.24) is 9.97 Å². The zero-order valence-corrected chi connectivity index (χ0v) is 18.5. The summed E-state index contributed by atoms with van der Waals surface area (Å²) < 4.78 is 5.81. The van der Waals surface area contributed by atoms with Crippen LogP contribution in [0.5, 0.6) is 6.01 Å². The van der Waals surface area contributed by atoms with Crippen LogP contribution in [-0.2, 0) is 6.61 Å². The van der Waals surface area contributed by atoms with Crippen molar-refractivity contribution in [3.05, 3.63) is 98.6 Å². The van der Waals surface area contributed by atoms with Crippen LogP contribution in [-0.4, -0.2) is 9.97 Å². The SMILES string of the molecule is Clc1ccc(COc2ncc(-c3ccc(Cl)cc3)c(-c3ccc(Cl)cc3Cl)n2)cc1. The second kappa shape index (κ2) is 9.23. The van der Waals surface area contributed by atoms with E-state index in [4.69, 9.17) is 51.1 Å². The molecule has 0 radical (unpaired) electrons. The second-order valence-corrected chi connectivity index (χ2v) is 8.18. The maximum absolute atomic E-state index is 6.47. The predicted molar refractivity (Wildman–Crippen MR) is 124 cm³/mol. The van der Waals surface area contributed by atoms with E-state index in [0.29, 0.717) is 32.4 Å². The normalized spacial score (nSPS) is 10.8. The molecule has 7 heteroatoms. The molecule has 0 unspecified atom stereocenters. The molecule has 0 aliphatic carbocycles. The van der Waals surface area contributed by atoms with E-state index in [1.807, 2.05) is 54.6 Å². The van der Waals surface area contributed by atoms with Crippen LogP contribution in [0, 0.1) is 0 Å². The molecular weight excluding hydrogens is 462 g/mol. The first-order valence-corrected chi connectivity index (χ1v) is 10.5. The van der Waals surface area contributed by atoms with Crippen molar-refractivity contribution < 1.29 is 4.74 Å². The molecule has 0 N–H and O–H groups in total. The molecule has 4 rings (SSSR count). The van der Waals surface area contributed by atoms with Gasteiger partial charge >= 0.3 is 6.01 Å². The average Bonchev–Trinajstić information content (AvgIpc) is 2.74. The van der Waals surface area contributed by atoms with Gasteiger partial charge in [-0.1, -0.05) is 70.7 Å². The fourth-order valence-electron chi connectivity index (χ4n) is 2.89. The molecule has 4 aromatic rings. The molecule has 30 heavy (non-hydrogen) atoms. The van der Waals surface area contributed by atoms with Crippen LogP contribution >= 0.6 is 46.4 Å². The number of rotatable bonds is 5. The monoisotopic (exact) mass is 474 g/mol. The molecule has 0 aliphatic rings. The van der Waals surface area contributed by atoms with E-state index in [1.54, 1.807) is 18.3 Å². The highest BCUT2D eigenvalue weighted by Crippen LogP contribution is 2.36. The van der Waals surface area contributed by atoms with Crippen LogP contribution in [0.15, 0.2) is 72.9 Å². The summed E-state index contributed by atoms with van der Waals surface area (Å²) >= 11 is 24.5. The number of hydrogen-bond acceptors (Lipinski definition) is 3. The number of ether oxygens (including phenoxy) is 1. The van der Waals surface area contributed by atoms with Gasteiger partial charge in [-0.25, -0.2) is 4.98 Å². The van der Waals surface area contributed by atoms with Crippen LogP contribution in [0.4, 0.5) is 0 Å². The van der Waals surface area contributed by atoms with E-state index < -0.39 is 0 Å². The Morgan fingerprint density at radius 2 is 1.33 bits per heavy atom. The van der Waals surface area contributed by atoms with Gasteiger partial charge in [0.2, 0.25) is 0 Å². The summed E-state index contributed by atoms with van der Waals surface area (Å²) in [5, 5.41) is 2.35. The molecule has 3 aromatic carbocycles. The van der Waals surface area contributed by atoms with Gasteiger partial charge < -0.3 is 4.74 Å². The molecule has 0 saturated heterocycles. The van der Waals surface area contributed by atoms with Gasteiger partial charge in [0, 0.05) is 32.4 Å². The van der Waals surface area contributed by atoms with Crippen LogP contribution in [0.1, 0.15) is 5.56 Å². The Kier molecular flexibility index (Phi) is 6.45. The third-order valence-corrected chi connectivity index (χ3v) is 5.44. The summed E-state index contributed by atoms with van der Waals surface area (Å²) in [5.74, 6) is 0. The van der Waals surface area contributed by atoms with Crippen molar-refractivity contribution in [2.24, 2.45) is 0 Å². The highest BCUT2D eigenvalue weighted by Gasteiger charge is 2.15. The maximum atomic E-state index is 6.47. The van der Waals surface area contributed by atoms with E-state index in [9.17, 15) is 0 Å². The molecule has 0 spiro atoms. The van der Waals surface area contributed by atoms with E-state index in [2.05, 4.69) is 9.97 Å². The molecule has 0 atom stereocenters. The second-order valence-electron chi connectivity index (χ2n) is 6.46. The maximum Gasteiger partial charge on any atom is 0.317 e. The van der Waals surface area contributed by atoms with Gasteiger partial charge in [-0.2, -0.15) is 4.98 Å². The fourth-order valence-corrected chi connectivity index (χ4v) is 3.64. The molecular formula is C23H14Cl4N2O. The minimum Gasteiger partial charge on any atom is -0.459 e. The van der Waals surface area contributed by atoms with Gasteiger partial charge in [-0.3, -0.25) is 0 Å². The summed E-state index contributed by atoms with van der Waals surface area (Å²) in [6.45, 7) is 0.311. The first kappa shape index (κ1) is 21.0. The van der Waals surface area contributed by atoms with Crippen LogP contribution in [0.3, 0.4) is 0 Å². The van der Waals surface area contributed by atoms with Gasteiger partial charge in [-0.05, 0) is 53.6 Å². The van der Waals surface area contributed by atoms with E-state index in [1.165, 1.54) is 0 Å². The number of aromatic nitrogens is 2. The van der Waals surface area contributed by atoms with Gasteiger partial charge in [0.1, 0.15) is 6.61 Å². The molecule has 0 amide bonds. The van der Waals surface area contributed by atoms with E-state index >= 15 is 0 Å². The van der Waals surface area contributed by atoms with Crippen LogP contribution in [0.2, 0.25) is 20.1 Å². The van der Waals surface area contributed by atoms with Crippen molar-refractivity contribution in [2.75, 3.05) is 0 Å². The first-order chi connectivity index (χ1) is 14.5. The van der Waals surface area contributed by atoms with E-state index in [-0.39, 0.29) is 6.01 Å². The van der Waals surface area contributed by atoms with Crippen molar-refractivity contribution >= 4 is 46.4 Å². The zero-order valence-electron chi connectivity index (χ0n) is 15.4. The summed E-state index contributed by atoms with van der Waals surface area (Å²) in [6, 6.07) is 20.4. The standard InChI is InChI=1S/C23H14Cl4N2O/c24-16-5-1-14(2-6-16)13-30-23-28-12-20(15-3-7-17(25)8-4-15)22(29-23)19-10-9-18(26)11-21(19)27/h1-12H,13H2. The Morgan fingerprint density at radius 3 is 2.00 bits per heavy atom. The lowest BCUT2D eigenvalue weighted by molar-refractivity contribution is 0.281. The fraction of sp³-hybridized carbons (Fsp3) is 0.0435. The molecule has 1 heterocycles. The minimum atomic E-state index is 0.240. The van der Waals surface area contributed by atoms with Crippen molar-refractivity contribution in [1.29, 1.82) is 0 Å². The number of hydrogen-bond donors (Lipinski definition) is 0. The molecule has 0 fully saturated rings. The highest BCUT2D eigenvalue weighted by atomic mass is 35.5. The van der Waals surface area contributed by atoms with Crippen LogP contribution < -0.4 is 4.74 Å². The summed E-state index contributed by atoms with van der Waals surface area (Å²) in [4.78, 5) is 9.03. The zero-order chi connectivity index (χ0) is 21.1. The molecule has 150 valence electrons. The van der Waals surface area contributed by atoms with Gasteiger partial charge in [0.25, 0.3) is 0 Å². The minimum absolute atomic E-state index is 0.240. The average molecular weight is 476 g/mol. The topological polar surface area (TPSA) is 35.0 Å². The number of halogens is 4. The highest BCUT2D eigenvalue weighted by molar-refractivity contribution is 6.36. The lowest BCUT2D eigenvalue weighted by atomic mass is 10.0.